The van der Waals surface area contributed by atoms with Crippen LogP contribution in [0.25, 0.3) is 0 Å². The summed E-state index contributed by atoms with van der Waals surface area (Å²) in [6.45, 7) is 1.88. The molecule has 0 radical (unpaired) electrons. The first-order valence-corrected chi connectivity index (χ1v) is 4.11. The van der Waals surface area contributed by atoms with Crippen LogP contribution in [0.15, 0.2) is 12.2 Å². The summed E-state index contributed by atoms with van der Waals surface area (Å²) in [5.74, 6) is 0.586. The Hall–Kier alpha value is -0.630. The van der Waals surface area contributed by atoms with Gasteiger partial charge in [0.25, 0.3) is 0 Å². The Bertz CT molecular complexity index is 168. The van der Waals surface area contributed by atoms with Crippen LogP contribution in [-0.2, 0) is 4.79 Å². The van der Waals surface area contributed by atoms with Gasteiger partial charge in [-0.05, 0) is 32.9 Å². The number of allylic oxidation sites excluding steroid dienone is 2. The van der Waals surface area contributed by atoms with Crippen molar-refractivity contribution in [2.75, 3.05) is 7.05 Å². The fourth-order valence-corrected chi connectivity index (χ4v) is 1.39. The summed E-state index contributed by atoms with van der Waals surface area (Å²) < 4.78 is 0. The Morgan fingerprint density at radius 1 is 1.55 bits per heavy atom. The molecule has 2 heteroatoms. The van der Waals surface area contributed by atoms with Gasteiger partial charge in [-0.1, -0.05) is 6.08 Å². The molecule has 1 rings (SSSR count). The Balaban J connectivity index is 2.26. The van der Waals surface area contributed by atoms with E-state index in [0.717, 1.165) is 12.8 Å². The molecule has 2 nitrogen and oxygen atoms in total. The van der Waals surface area contributed by atoms with E-state index in [4.69, 9.17) is 0 Å². The van der Waals surface area contributed by atoms with Crippen molar-refractivity contribution in [2.24, 2.45) is 5.92 Å². The molecule has 1 fully saturated rings. The molecule has 0 aromatic rings. The van der Waals surface area contributed by atoms with Gasteiger partial charge in [-0.3, -0.25) is 4.79 Å². The Morgan fingerprint density at radius 3 is 2.64 bits per heavy atom. The molecule has 0 amide bonds. The van der Waals surface area contributed by atoms with Gasteiger partial charge >= 0.3 is 0 Å². The molecule has 62 valence electrons. The number of rotatable bonds is 3. The van der Waals surface area contributed by atoms with Gasteiger partial charge in [0.15, 0.2) is 5.78 Å². The lowest BCUT2D eigenvalue weighted by Crippen LogP contribution is -2.41. The maximum atomic E-state index is 11.2. The molecule has 0 heterocycles. The fourth-order valence-electron chi connectivity index (χ4n) is 1.39. The molecule has 1 N–H and O–H groups in total. The Labute approximate surface area is 67.7 Å². The number of carbonyl (C=O) groups is 1. The minimum atomic E-state index is 0.291. The SMILES string of the molecule is C/C=C/C(=O)C1CC(NC)C1. The summed E-state index contributed by atoms with van der Waals surface area (Å²) in [6, 6.07) is 0.578. The summed E-state index contributed by atoms with van der Waals surface area (Å²) in [7, 11) is 1.95. The minimum absolute atomic E-state index is 0.291. The molecule has 0 spiro atoms. The molecule has 0 unspecified atom stereocenters. The number of hydrogen-bond donors (Lipinski definition) is 1. The molecule has 0 bridgehead atoms. The first-order valence-electron chi connectivity index (χ1n) is 4.11. The Morgan fingerprint density at radius 2 is 2.18 bits per heavy atom. The number of carbonyl (C=O) groups excluding carboxylic acids is 1. The molecule has 0 atom stereocenters. The first kappa shape index (κ1) is 8.47. The van der Waals surface area contributed by atoms with E-state index in [1.807, 2.05) is 20.0 Å². The third-order valence-corrected chi connectivity index (χ3v) is 2.28. The van der Waals surface area contributed by atoms with E-state index in [0.29, 0.717) is 17.7 Å². The van der Waals surface area contributed by atoms with E-state index in [1.54, 1.807) is 6.08 Å². The second-order valence-corrected chi connectivity index (χ2v) is 3.06. The van der Waals surface area contributed by atoms with E-state index in [2.05, 4.69) is 5.32 Å². The zero-order valence-electron chi connectivity index (χ0n) is 7.13. The molecule has 11 heavy (non-hydrogen) atoms. The highest BCUT2D eigenvalue weighted by atomic mass is 16.1. The van der Waals surface area contributed by atoms with Crippen LogP contribution < -0.4 is 5.32 Å². The van der Waals surface area contributed by atoms with Gasteiger partial charge in [-0.15, -0.1) is 0 Å². The van der Waals surface area contributed by atoms with Crippen molar-refractivity contribution in [3.8, 4) is 0 Å². The first-order chi connectivity index (χ1) is 5.27. The number of ketones is 1. The fraction of sp³-hybridized carbons (Fsp3) is 0.667. The van der Waals surface area contributed by atoms with Crippen molar-refractivity contribution in [1.29, 1.82) is 0 Å². The van der Waals surface area contributed by atoms with Crippen molar-refractivity contribution < 1.29 is 4.79 Å². The molecule has 1 aliphatic carbocycles. The lowest BCUT2D eigenvalue weighted by atomic mass is 9.77. The van der Waals surface area contributed by atoms with Crippen molar-refractivity contribution in [2.45, 2.75) is 25.8 Å². The molecular formula is C9H15NO. The summed E-state index contributed by atoms with van der Waals surface area (Å²) in [4.78, 5) is 11.2. The van der Waals surface area contributed by atoms with Crippen LogP contribution in [0.2, 0.25) is 0 Å². The average molecular weight is 153 g/mol. The van der Waals surface area contributed by atoms with E-state index in [1.165, 1.54) is 0 Å². The second-order valence-electron chi connectivity index (χ2n) is 3.06. The van der Waals surface area contributed by atoms with Crippen LogP contribution in [0.1, 0.15) is 19.8 Å². The summed E-state index contributed by atoms with van der Waals surface area (Å²) in [5.41, 5.74) is 0. The Kier molecular flexibility index (Phi) is 2.83. The van der Waals surface area contributed by atoms with Crippen molar-refractivity contribution in [1.82, 2.24) is 5.32 Å². The maximum Gasteiger partial charge on any atom is 0.158 e. The maximum absolute atomic E-state index is 11.2. The minimum Gasteiger partial charge on any atom is -0.317 e. The molecule has 1 saturated carbocycles. The average Bonchev–Trinajstić information content (AvgIpc) is 1.86. The zero-order chi connectivity index (χ0) is 8.27. The molecule has 0 aliphatic heterocycles. The third-order valence-electron chi connectivity index (χ3n) is 2.28. The van der Waals surface area contributed by atoms with Crippen molar-refractivity contribution >= 4 is 5.78 Å². The summed E-state index contributed by atoms with van der Waals surface area (Å²) in [6.07, 6.45) is 5.52. The zero-order valence-corrected chi connectivity index (χ0v) is 7.13. The van der Waals surface area contributed by atoms with Gasteiger partial charge in [0, 0.05) is 12.0 Å². The lowest BCUT2D eigenvalue weighted by molar-refractivity contribution is -0.121. The van der Waals surface area contributed by atoms with E-state index in [-0.39, 0.29) is 0 Å². The lowest BCUT2D eigenvalue weighted by Gasteiger charge is -2.33. The van der Waals surface area contributed by atoms with Crippen LogP contribution in [-0.4, -0.2) is 18.9 Å². The highest BCUT2D eigenvalue weighted by Gasteiger charge is 2.31. The molecule has 0 aromatic carbocycles. The predicted octanol–water partition coefficient (Wildman–Crippen LogP) is 1.13. The molecule has 1 aliphatic rings. The largest absolute Gasteiger partial charge is 0.317 e. The van der Waals surface area contributed by atoms with Gasteiger partial charge in [0.2, 0.25) is 0 Å². The quantitative estimate of drug-likeness (QED) is 0.616. The number of nitrogens with one attached hydrogen (secondary N) is 1. The molecular weight excluding hydrogens is 138 g/mol. The monoisotopic (exact) mass is 153 g/mol. The van der Waals surface area contributed by atoms with E-state index in [9.17, 15) is 4.79 Å². The van der Waals surface area contributed by atoms with Crippen LogP contribution in [0.4, 0.5) is 0 Å². The van der Waals surface area contributed by atoms with Crippen LogP contribution in [0, 0.1) is 5.92 Å². The van der Waals surface area contributed by atoms with Gasteiger partial charge in [-0.25, -0.2) is 0 Å². The second kappa shape index (κ2) is 3.67. The summed E-state index contributed by atoms with van der Waals surface area (Å²) in [5, 5.41) is 3.15. The van der Waals surface area contributed by atoms with E-state index < -0.39 is 0 Å². The van der Waals surface area contributed by atoms with Gasteiger partial charge < -0.3 is 5.32 Å². The number of hydrogen-bond acceptors (Lipinski definition) is 2. The standard InChI is InChI=1S/C9H15NO/c1-3-4-9(11)7-5-8(6-7)10-2/h3-4,7-8,10H,5-6H2,1-2H3/b4-3+. The van der Waals surface area contributed by atoms with Crippen molar-refractivity contribution in [3.05, 3.63) is 12.2 Å². The molecule has 0 aromatic heterocycles. The molecule has 0 saturated heterocycles. The van der Waals surface area contributed by atoms with Gasteiger partial charge in [0.1, 0.15) is 0 Å². The topological polar surface area (TPSA) is 29.1 Å². The highest BCUT2D eigenvalue weighted by Crippen LogP contribution is 2.27. The van der Waals surface area contributed by atoms with Gasteiger partial charge in [0.05, 0.1) is 0 Å². The van der Waals surface area contributed by atoms with Crippen LogP contribution in [0.5, 0.6) is 0 Å². The normalized spacial score (nSPS) is 30.4. The van der Waals surface area contributed by atoms with Gasteiger partial charge in [-0.2, -0.15) is 0 Å². The summed E-state index contributed by atoms with van der Waals surface area (Å²) >= 11 is 0. The van der Waals surface area contributed by atoms with Crippen LogP contribution in [0.3, 0.4) is 0 Å². The van der Waals surface area contributed by atoms with E-state index >= 15 is 0 Å². The van der Waals surface area contributed by atoms with Crippen molar-refractivity contribution in [3.63, 3.8) is 0 Å². The van der Waals surface area contributed by atoms with Crippen LogP contribution >= 0.6 is 0 Å². The smallest absolute Gasteiger partial charge is 0.158 e. The highest BCUT2D eigenvalue weighted by molar-refractivity contribution is 5.92. The predicted molar refractivity (Wildman–Crippen MR) is 45.4 cm³/mol. The third kappa shape index (κ3) is 1.90.